The molecule has 1 saturated heterocycles. The number of hydrogen-bond acceptors (Lipinski definition) is 8. The minimum Gasteiger partial charge on any atom is -0.462 e. The van der Waals surface area contributed by atoms with Gasteiger partial charge in [0.2, 0.25) is 0 Å². The lowest BCUT2D eigenvalue weighted by Crippen LogP contribution is -2.53. The maximum absolute atomic E-state index is 12.6. The molecule has 40 heavy (non-hydrogen) atoms. The average Bonchev–Trinajstić information content (AvgIpc) is 3.37. The zero-order chi connectivity index (χ0) is 28.5. The average molecular weight is 590 g/mol. The monoisotopic (exact) mass is 589 g/mol. The number of hydrogen-bond donors (Lipinski definition) is 1. The Balaban J connectivity index is 0.00000560. The van der Waals surface area contributed by atoms with Crippen LogP contribution in [0.1, 0.15) is 37.3 Å². The van der Waals surface area contributed by atoms with Gasteiger partial charge in [0, 0.05) is 24.6 Å². The third-order valence-electron chi connectivity index (χ3n) is 6.21. The molecule has 8 nitrogen and oxygen atoms in total. The van der Waals surface area contributed by atoms with Gasteiger partial charge in [-0.05, 0) is 37.7 Å². The molecule has 2 aromatic carbocycles. The molecular weight excluding hydrogens is 550 g/mol. The third-order valence-corrected chi connectivity index (χ3v) is 7.15. The fourth-order valence-corrected chi connectivity index (χ4v) is 5.99. The second kappa shape index (κ2) is 15.1. The Morgan fingerprint density at radius 3 is 1.95 bits per heavy atom. The summed E-state index contributed by atoms with van der Waals surface area (Å²) in [6, 6.07) is 20.2. The summed E-state index contributed by atoms with van der Waals surface area (Å²) in [7, 11) is -2.06. The summed E-state index contributed by atoms with van der Waals surface area (Å²) in [5, 5.41) is 3.57. The van der Waals surface area contributed by atoms with Crippen LogP contribution >= 0.6 is 12.4 Å². The van der Waals surface area contributed by atoms with Crippen LogP contribution in [0.4, 0.5) is 0 Å². The van der Waals surface area contributed by atoms with Gasteiger partial charge in [-0.1, -0.05) is 67.2 Å². The molecule has 2 atom stereocenters. The SMILES string of the molecule is C=C(C)C(=O)OCCOC(=O)CCC(=O)O[C@H]1CN[C@H](C(O[Si](C)(C)C)(c2ccccc2)c2ccccc2)C1.Cl. The minimum atomic E-state index is -2.06. The highest BCUT2D eigenvalue weighted by atomic mass is 35.5. The summed E-state index contributed by atoms with van der Waals surface area (Å²) in [6.45, 7) is 11.8. The van der Waals surface area contributed by atoms with E-state index in [0.717, 1.165) is 11.1 Å². The molecule has 1 N–H and O–H groups in total. The Morgan fingerprint density at radius 1 is 0.900 bits per heavy atom. The molecule has 1 fully saturated rings. The molecule has 0 aromatic heterocycles. The molecule has 0 spiro atoms. The van der Waals surface area contributed by atoms with Gasteiger partial charge in [-0.2, -0.15) is 0 Å². The van der Waals surface area contributed by atoms with Crippen LogP contribution in [0.3, 0.4) is 0 Å². The quantitative estimate of drug-likeness (QED) is 0.116. The van der Waals surface area contributed by atoms with E-state index in [0.29, 0.717) is 13.0 Å². The first-order valence-electron chi connectivity index (χ1n) is 13.2. The summed E-state index contributed by atoms with van der Waals surface area (Å²) < 4.78 is 22.7. The minimum absolute atomic E-state index is 0. The van der Waals surface area contributed by atoms with Crippen LogP contribution in [0.15, 0.2) is 72.8 Å². The van der Waals surface area contributed by atoms with Crippen molar-refractivity contribution in [1.29, 1.82) is 0 Å². The summed E-state index contributed by atoms with van der Waals surface area (Å²) in [5.41, 5.74) is 1.59. The predicted molar refractivity (Wildman–Crippen MR) is 158 cm³/mol. The lowest BCUT2D eigenvalue weighted by atomic mass is 9.79. The third kappa shape index (κ3) is 9.30. The summed E-state index contributed by atoms with van der Waals surface area (Å²) in [4.78, 5) is 35.9. The van der Waals surface area contributed by atoms with E-state index in [1.54, 1.807) is 0 Å². The smallest absolute Gasteiger partial charge is 0.333 e. The lowest BCUT2D eigenvalue weighted by Gasteiger charge is -2.44. The van der Waals surface area contributed by atoms with Crippen molar-refractivity contribution in [2.45, 2.75) is 63.6 Å². The number of carbonyl (C=O) groups is 3. The highest BCUT2D eigenvalue weighted by Crippen LogP contribution is 2.42. The number of ether oxygens (including phenoxy) is 3. The van der Waals surface area contributed by atoms with Gasteiger partial charge < -0.3 is 24.0 Å². The van der Waals surface area contributed by atoms with E-state index < -0.39 is 31.8 Å². The van der Waals surface area contributed by atoms with Crippen LogP contribution in [0.25, 0.3) is 0 Å². The molecule has 0 saturated carbocycles. The standard InChI is InChI=1S/C30H39NO7Si.ClH/c1-22(2)29(34)36-19-18-35-27(32)16-17-28(33)37-25-20-26(31-21-25)30(38-39(3,4)5,23-12-8-6-9-13-23)24-14-10-7-11-15-24;/h6-15,25-26,31H,1,16-21H2,2-5H3;1H/t25-,26+;/m1./s1. The van der Waals surface area contributed by atoms with Crippen LogP contribution in [-0.2, 0) is 38.6 Å². The van der Waals surface area contributed by atoms with E-state index in [9.17, 15) is 14.4 Å². The van der Waals surface area contributed by atoms with Gasteiger partial charge in [-0.25, -0.2) is 4.79 Å². The fraction of sp³-hybridized carbons (Fsp3) is 0.433. The second-order valence-electron chi connectivity index (χ2n) is 10.6. The van der Waals surface area contributed by atoms with Crippen molar-refractivity contribution in [3.63, 3.8) is 0 Å². The van der Waals surface area contributed by atoms with Crippen molar-refractivity contribution in [3.05, 3.63) is 83.9 Å². The van der Waals surface area contributed by atoms with Gasteiger partial charge in [0.1, 0.15) is 24.9 Å². The van der Waals surface area contributed by atoms with Gasteiger partial charge in [0.15, 0.2) is 8.32 Å². The molecule has 0 unspecified atom stereocenters. The molecule has 2 aromatic rings. The number of carbonyl (C=O) groups excluding carboxylic acids is 3. The molecule has 0 radical (unpaired) electrons. The first-order valence-corrected chi connectivity index (χ1v) is 16.6. The summed E-state index contributed by atoms with van der Waals surface area (Å²) in [5.74, 6) is -1.57. The van der Waals surface area contributed by atoms with Gasteiger partial charge in [0.05, 0.1) is 12.8 Å². The van der Waals surface area contributed by atoms with Gasteiger partial charge in [-0.15, -0.1) is 12.4 Å². The topological polar surface area (TPSA) is 100 Å². The molecule has 218 valence electrons. The van der Waals surface area contributed by atoms with Crippen LogP contribution in [0.5, 0.6) is 0 Å². The summed E-state index contributed by atoms with van der Waals surface area (Å²) >= 11 is 0. The normalized spacial score (nSPS) is 16.9. The number of esters is 3. The number of nitrogens with one attached hydrogen (secondary N) is 1. The molecule has 3 rings (SSSR count). The highest BCUT2D eigenvalue weighted by molar-refractivity contribution is 6.69. The number of benzene rings is 2. The Labute approximate surface area is 244 Å². The van der Waals surface area contributed by atoms with Gasteiger partial charge in [-0.3, -0.25) is 9.59 Å². The van der Waals surface area contributed by atoms with Crippen molar-refractivity contribution in [3.8, 4) is 0 Å². The molecule has 0 amide bonds. The molecule has 1 aliphatic heterocycles. The Morgan fingerprint density at radius 2 is 1.43 bits per heavy atom. The van der Waals surface area contributed by atoms with Crippen molar-refractivity contribution in [2.24, 2.45) is 0 Å². The van der Waals surface area contributed by atoms with Crippen LogP contribution in [-0.4, -0.2) is 58.1 Å². The summed E-state index contributed by atoms with van der Waals surface area (Å²) in [6.07, 6.45) is -0.0249. The molecule has 10 heteroatoms. The Hall–Kier alpha value is -2.98. The second-order valence-corrected chi connectivity index (χ2v) is 15.1. The van der Waals surface area contributed by atoms with E-state index in [-0.39, 0.29) is 56.2 Å². The predicted octanol–water partition coefficient (Wildman–Crippen LogP) is 4.92. The van der Waals surface area contributed by atoms with Crippen molar-refractivity contribution < 1.29 is 33.0 Å². The highest BCUT2D eigenvalue weighted by Gasteiger charge is 2.49. The molecule has 0 aliphatic carbocycles. The fourth-order valence-electron chi connectivity index (χ4n) is 4.65. The van der Waals surface area contributed by atoms with Crippen molar-refractivity contribution in [2.75, 3.05) is 19.8 Å². The molecule has 1 aliphatic rings. The van der Waals surface area contributed by atoms with Gasteiger partial charge >= 0.3 is 17.9 Å². The van der Waals surface area contributed by atoms with E-state index in [1.165, 1.54) is 6.92 Å². The van der Waals surface area contributed by atoms with E-state index >= 15 is 0 Å². The van der Waals surface area contributed by atoms with E-state index in [1.807, 2.05) is 36.4 Å². The zero-order valence-electron chi connectivity index (χ0n) is 23.6. The van der Waals surface area contributed by atoms with Crippen LogP contribution in [0, 0.1) is 0 Å². The lowest BCUT2D eigenvalue weighted by molar-refractivity contribution is -0.154. The molecular formula is C30H40ClNO7Si. The molecule has 0 bridgehead atoms. The Bertz CT molecular complexity index is 1100. The van der Waals surface area contributed by atoms with Crippen molar-refractivity contribution in [1.82, 2.24) is 5.32 Å². The van der Waals surface area contributed by atoms with Crippen LogP contribution < -0.4 is 5.32 Å². The maximum Gasteiger partial charge on any atom is 0.333 e. The maximum atomic E-state index is 12.6. The number of halogens is 1. The van der Waals surface area contributed by atoms with E-state index in [2.05, 4.69) is 55.8 Å². The van der Waals surface area contributed by atoms with Gasteiger partial charge in [0.25, 0.3) is 0 Å². The van der Waals surface area contributed by atoms with E-state index in [4.69, 9.17) is 18.6 Å². The first kappa shape index (κ1) is 33.2. The number of rotatable bonds is 13. The van der Waals surface area contributed by atoms with Crippen molar-refractivity contribution >= 4 is 38.6 Å². The van der Waals surface area contributed by atoms with Crippen LogP contribution in [0.2, 0.25) is 19.6 Å². The molecule has 1 heterocycles. The largest absolute Gasteiger partial charge is 0.462 e. The zero-order valence-corrected chi connectivity index (χ0v) is 25.5. The Kier molecular flexibility index (Phi) is 12.6. The first-order chi connectivity index (χ1) is 18.5.